The molecule has 0 radical (unpaired) electrons. The molecule has 24 heavy (non-hydrogen) atoms. The molecule has 0 saturated carbocycles. The first kappa shape index (κ1) is 16.5. The highest BCUT2D eigenvalue weighted by Gasteiger charge is 2.13. The molecule has 11 heteroatoms. The van der Waals surface area contributed by atoms with Crippen molar-refractivity contribution in [1.82, 2.24) is 30.4 Å². The van der Waals surface area contributed by atoms with Gasteiger partial charge in [-0.2, -0.15) is 4.68 Å². The van der Waals surface area contributed by atoms with Gasteiger partial charge in [-0.15, -0.1) is 15.3 Å². The Morgan fingerprint density at radius 3 is 2.79 bits per heavy atom. The highest BCUT2D eigenvalue weighted by Crippen LogP contribution is 2.20. The van der Waals surface area contributed by atoms with Crippen LogP contribution in [0.5, 0.6) is 0 Å². The molecule has 0 aliphatic carbocycles. The third-order valence-electron chi connectivity index (χ3n) is 2.86. The predicted molar refractivity (Wildman–Crippen MR) is 87.8 cm³/mol. The van der Waals surface area contributed by atoms with Gasteiger partial charge in [-0.3, -0.25) is 10.1 Å². The van der Waals surface area contributed by atoms with E-state index < -0.39 is 0 Å². The van der Waals surface area contributed by atoms with Crippen molar-refractivity contribution < 1.29 is 9.18 Å². The van der Waals surface area contributed by atoms with Gasteiger partial charge in [0.1, 0.15) is 10.8 Å². The number of benzene rings is 1. The molecule has 0 aliphatic rings. The molecule has 0 unspecified atom stereocenters. The van der Waals surface area contributed by atoms with Gasteiger partial charge >= 0.3 is 0 Å². The first-order valence-corrected chi connectivity index (χ1v) is 8.75. The van der Waals surface area contributed by atoms with Gasteiger partial charge in [0.05, 0.1) is 11.4 Å². The molecule has 8 nitrogen and oxygen atoms in total. The van der Waals surface area contributed by atoms with Gasteiger partial charge in [0.2, 0.25) is 16.2 Å². The summed E-state index contributed by atoms with van der Waals surface area (Å²) in [5.41, 5.74) is 0.612. The number of nitrogens with one attached hydrogen (secondary N) is 1. The SMILES string of the molecule is CCc1nnc(NC(=O)CSc2nnnn2-c2ccc(F)cc2)s1. The number of hydrogen-bond donors (Lipinski definition) is 1. The molecular formula is C13H12FN7OS2. The molecule has 0 spiro atoms. The fraction of sp³-hybridized carbons (Fsp3) is 0.231. The van der Waals surface area contributed by atoms with Gasteiger partial charge in [-0.05, 0) is 41.1 Å². The third-order valence-corrected chi connectivity index (χ3v) is 4.76. The average molecular weight is 365 g/mol. The van der Waals surface area contributed by atoms with Crippen molar-refractivity contribution in [3.63, 3.8) is 0 Å². The Morgan fingerprint density at radius 2 is 2.08 bits per heavy atom. The van der Waals surface area contributed by atoms with Crippen molar-refractivity contribution in [2.24, 2.45) is 0 Å². The number of carbonyl (C=O) groups excluding carboxylic acids is 1. The normalized spacial score (nSPS) is 10.8. The molecule has 3 aromatic rings. The van der Waals surface area contributed by atoms with E-state index in [1.165, 1.54) is 39.9 Å². The number of aryl methyl sites for hydroxylation is 1. The number of anilines is 1. The van der Waals surface area contributed by atoms with Gasteiger partial charge in [-0.25, -0.2) is 4.39 Å². The number of amides is 1. The van der Waals surface area contributed by atoms with E-state index >= 15 is 0 Å². The number of carbonyl (C=O) groups is 1. The summed E-state index contributed by atoms with van der Waals surface area (Å²) in [6.45, 7) is 1.97. The topological polar surface area (TPSA) is 98.5 Å². The molecule has 3 rings (SSSR count). The van der Waals surface area contributed by atoms with Crippen LogP contribution in [0, 0.1) is 5.82 Å². The fourth-order valence-corrected chi connectivity index (χ4v) is 3.13. The first-order valence-electron chi connectivity index (χ1n) is 6.95. The van der Waals surface area contributed by atoms with Crippen LogP contribution in [0.2, 0.25) is 0 Å². The predicted octanol–water partition coefficient (Wildman–Crippen LogP) is 1.95. The summed E-state index contributed by atoms with van der Waals surface area (Å²) >= 11 is 2.51. The average Bonchev–Trinajstić information content (AvgIpc) is 3.22. The lowest BCUT2D eigenvalue weighted by molar-refractivity contribution is -0.113. The van der Waals surface area contributed by atoms with E-state index in [0.717, 1.165) is 11.4 Å². The molecule has 0 aliphatic heterocycles. The highest BCUT2D eigenvalue weighted by atomic mass is 32.2. The van der Waals surface area contributed by atoms with Crippen molar-refractivity contribution in [2.45, 2.75) is 18.5 Å². The number of halogens is 1. The molecule has 1 aromatic carbocycles. The van der Waals surface area contributed by atoms with E-state index in [9.17, 15) is 9.18 Å². The monoisotopic (exact) mass is 365 g/mol. The van der Waals surface area contributed by atoms with Crippen LogP contribution < -0.4 is 5.32 Å². The summed E-state index contributed by atoms with van der Waals surface area (Å²) in [5, 5.41) is 23.6. The van der Waals surface area contributed by atoms with Crippen molar-refractivity contribution >= 4 is 34.1 Å². The van der Waals surface area contributed by atoms with E-state index in [0.29, 0.717) is 16.0 Å². The second kappa shape index (κ2) is 7.45. The number of rotatable bonds is 6. The minimum Gasteiger partial charge on any atom is -0.300 e. The maximum atomic E-state index is 13.0. The van der Waals surface area contributed by atoms with Crippen molar-refractivity contribution in [2.75, 3.05) is 11.1 Å². The number of tetrazole rings is 1. The Balaban J connectivity index is 1.61. The van der Waals surface area contributed by atoms with Crippen LogP contribution in [0.3, 0.4) is 0 Å². The van der Waals surface area contributed by atoms with Gasteiger partial charge < -0.3 is 0 Å². The van der Waals surface area contributed by atoms with E-state index in [1.807, 2.05) is 6.92 Å². The van der Waals surface area contributed by atoms with Crippen LogP contribution in [-0.2, 0) is 11.2 Å². The summed E-state index contributed by atoms with van der Waals surface area (Å²) < 4.78 is 14.4. The summed E-state index contributed by atoms with van der Waals surface area (Å²) in [7, 11) is 0. The summed E-state index contributed by atoms with van der Waals surface area (Å²) in [6.07, 6.45) is 0.773. The Morgan fingerprint density at radius 1 is 1.29 bits per heavy atom. The zero-order valence-electron chi connectivity index (χ0n) is 12.5. The molecule has 0 atom stereocenters. The van der Waals surface area contributed by atoms with Crippen LogP contribution in [0.4, 0.5) is 9.52 Å². The molecule has 0 saturated heterocycles. The zero-order valence-corrected chi connectivity index (χ0v) is 14.1. The van der Waals surface area contributed by atoms with Crippen molar-refractivity contribution in [1.29, 1.82) is 0 Å². The van der Waals surface area contributed by atoms with E-state index in [4.69, 9.17) is 0 Å². The molecule has 2 heterocycles. The number of nitrogens with zero attached hydrogens (tertiary/aromatic N) is 6. The molecule has 1 N–H and O–H groups in total. The highest BCUT2D eigenvalue weighted by molar-refractivity contribution is 7.99. The van der Waals surface area contributed by atoms with Gasteiger partial charge in [0.25, 0.3) is 0 Å². The first-order chi connectivity index (χ1) is 11.7. The quantitative estimate of drug-likeness (QED) is 0.667. The minimum absolute atomic E-state index is 0.114. The van der Waals surface area contributed by atoms with E-state index in [-0.39, 0.29) is 17.5 Å². The third kappa shape index (κ3) is 3.92. The molecule has 2 aromatic heterocycles. The maximum absolute atomic E-state index is 13.0. The summed E-state index contributed by atoms with van der Waals surface area (Å²) in [4.78, 5) is 12.0. The number of aromatic nitrogens is 6. The van der Waals surface area contributed by atoms with Crippen molar-refractivity contribution in [3.8, 4) is 5.69 Å². The lowest BCUT2D eigenvalue weighted by Gasteiger charge is -2.04. The van der Waals surface area contributed by atoms with Crippen LogP contribution in [-0.4, -0.2) is 42.1 Å². The minimum atomic E-state index is -0.344. The number of thioether (sulfide) groups is 1. The fourth-order valence-electron chi connectivity index (χ4n) is 1.75. The van der Waals surface area contributed by atoms with Crippen LogP contribution in [0.15, 0.2) is 29.4 Å². The molecule has 124 valence electrons. The Bertz CT molecular complexity index is 833. The van der Waals surface area contributed by atoms with Gasteiger partial charge in [0, 0.05) is 0 Å². The Labute approximate surface area is 144 Å². The lowest BCUT2D eigenvalue weighted by atomic mass is 10.3. The Hall–Kier alpha value is -2.40. The molecule has 1 amide bonds. The summed E-state index contributed by atoms with van der Waals surface area (Å²) in [5.74, 6) is -0.459. The van der Waals surface area contributed by atoms with Gasteiger partial charge in [-0.1, -0.05) is 30.0 Å². The lowest BCUT2D eigenvalue weighted by Crippen LogP contribution is -2.14. The molecule has 0 fully saturated rings. The van der Waals surface area contributed by atoms with E-state index in [1.54, 1.807) is 12.1 Å². The second-order valence-electron chi connectivity index (χ2n) is 4.54. The maximum Gasteiger partial charge on any atom is 0.236 e. The molecule has 0 bridgehead atoms. The summed E-state index contributed by atoms with van der Waals surface area (Å²) in [6, 6.07) is 5.75. The molecular weight excluding hydrogens is 353 g/mol. The zero-order chi connectivity index (χ0) is 16.9. The van der Waals surface area contributed by atoms with Crippen LogP contribution in [0.1, 0.15) is 11.9 Å². The second-order valence-corrected chi connectivity index (χ2v) is 6.55. The van der Waals surface area contributed by atoms with Crippen molar-refractivity contribution in [3.05, 3.63) is 35.1 Å². The van der Waals surface area contributed by atoms with Crippen LogP contribution >= 0.6 is 23.1 Å². The number of hydrogen-bond acceptors (Lipinski definition) is 8. The Kier molecular flexibility index (Phi) is 5.11. The van der Waals surface area contributed by atoms with E-state index in [2.05, 4.69) is 31.0 Å². The van der Waals surface area contributed by atoms with Crippen LogP contribution in [0.25, 0.3) is 5.69 Å². The standard InChI is InChI=1S/C13H12FN7OS2/c1-2-11-16-17-12(24-11)15-10(22)7-23-13-18-19-20-21(13)9-5-3-8(14)4-6-9/h3-6H,2,7H2,1H3,(H,15,17,22). The van der Waals surface area contributed by atoms with Gasteiger partial charge in [0.15, 0.2) is 0 Å². The largest absolute Gasteiger partial charge is 0.300 e. The smallest absolute Gasteiger partial charge is 0.236 e.